The third-order valence-electron chi connectivity index (χ3n) is 4.50. The maximum atomic E-state index is 12.8. The van der Waals surface area contributed by atoms with Crippen LogP contribution in [0.25, 0.3) is 0 Å². The maximum Gasteiger partial charge on any atom is 0.410 e. The standard InChI is InChI=1S/C16H29N3O5/c1-15(2,3)24-14(21)18-7-9-19(10-8-18)16(6-11-23-12-16)13(20)17(4)22-5/h6-12H2,1-5H3/t16-/m1/s1. The predicted octanol–water partition coefficient (Wildman–Crippen LogP) is 0.718. The van der Waals surface area contributed by atoms with Crippen molar-refractivity contribution in [2.24, 2.45) is 0 Å². The van der Waals surface area contributed by atoms with Gasteiger partial charge in [0.15, 0.2) is 0 Å². The topological polar surface area (TPSA) is 71.6 Å². The van der Waals surface area contributed by atoms with Crippen molar-refractivity contribution in [2.75, 3.05) is 53.6 Å². The lowest BCUT2D eigenvalue weighted by Crippen LogP contribution is -2.64. The van der Waals surface area contributed by atoms with Crippen molar-refractivity contribution >= 4 is 12.0 Å². The summed E-state index contributed by atoms with van der Waals surface area (Å²) in [6, 6.07) is 0. The first-order valence-corrected chi connectivity index (χ1v) is 8.32. The fourth-order valence-electron chi connectivity index (χ4n) is 3.13. The van der Waals surface area contributed by atoms with Crippen LogP contribution in [0.2, 0.25) is 0 Å². The minimum atomic E-state index is -0.704. The highest BCUT2D eigenvalue weighted by atomic mass is 16.7. The first kappa shape index (κ1) is 19.0. The molecule has 24 heavy (non-hydrogen) atoms. The molecule has 2 aliphatic heterocycles. The van der Waals surface area contributed by atoms with E-state index in [0.29, 0.717) is 45.8 Å². The van der Waals surface area contributed by atoms with Gasteiger partial charge in [0.1, 0.15) is 11.1 Å². The normalized spacial score (nSPS) is 25.6. The first-order valence-electron chi connectivity index (χ1n) is 8.32. The number of hydroxylamine groups is 2. The van der Waals surface area contributed by atoms with Crippen LogP contribution < -0.4 is 0 Å². The molecule has 0 radical (unpaired) electrons. The second-order valence-corrected chi connectivity index (χ2v) is 7.27. The average Bonchev–Trinajstić information content (AvgIpc) is 3.02. The average molecular weight is 343 g/mol. The number of hydrogen-bond acceptors (Lipinski definition) is 6. The van der Waals surface area contributed by atoms with Gasteiger partial charge in [-0.2, -0.15) is 0 Å². The fraction of sp³-hybridized carbons (Fsp3) is 0.875. The molecule has 2 aliphatic rings. The number of ether oxygens (including phenoxy) is 2. The van der Waals surface area contributed by atoms with E-state index in [0.717, 1.165) is 0 Å². The minimum Gasteiger partial charge on any atom is -0.444 e. The minimum absolute atomic E-state index is 0.104. The number of amides is 2. The van der Waals surface area contributed by atoms with E-state index in [1.165, 1.54) is 12.2 Å². The largest absolute Gasteiger partial charge is 0.444 e. The van der Waals surface area contributed by atoms with Crippen LogP contribution in [0.3, 0.4) is 0 Å². The molecule has 8 heteroatoms. The van der Waals surface area contributed by atoms with Gasteiger partial charge in [-0.05, 0) is 20.8 Å². The first-order chi connectivity index (χ1) is 11.2. The number of hydrogen-bond donors (Lipinski definition) is 0. The Balaban J connectivity index is 2.01. The van der Waals surface area contributed by atoms with Crippen molar-refractivity contribution in [2.45, 2.75) is 38.3 Å². The highest BCUT2D eigenvalue weighted by molar-refractivity contribution is 5.86. The molecule has 0 aromatic heterocycles. The van der Waals surface area contributed by atoms with Crippen molar-refractivity contribution < 1.29 is 23.9 Å². The summed E-state index contributed by atoms with van der Waals surface area (Å²) in [5, 5.41) is 1.26. The lowest BCUT2D eigenvalue weighted by Gasteiger charge is -2.44. The summed E-state index contributed by atoms with van der Waals surface area (Å²) in [4.78, 5) is 33.8. The Labute approximate surface area is 143 Å². The zero-order valence-electron chi connectivity index (χ0n) is 15.3. The molecule has 2 saturated heterocycles. The molecule has 2 amide bonds. The van der Waals surface area contributed by atoms with Gasteiger partial charge >= 0.3 is 6.09 Å². The Morgan fingerprint density at radius 3 is 2.25 bits per heavy atom. The third kappa shape index (κ3) is 3.99. The Morgan fingerprint density at radius 1 is 1.17 bits per heavy atom. The van der Waals surface area contributed by atoms with Gasteiger partial charge < -0.3 is 14.4 Å². The predicted molar refractivity (Wildman–Crippen MR) is 87.3 cm³/mol. The molecule has 2 fully saturated rings. The van der Waals surface area contributed by atoms with Crippen molar-refractivity contribution in [1.29, 1.82) is 0 Å². The van der Waals surface area contributed by atoms with Gasteiger partial charge in [0.05, 0.1) is 13.7 Å². The van der Waals surface area contributed by atoms with E-state index in [2.05, 4.69) is 4.90 Å². The Hall–Kier alpha value is -1.38. The van der Waals surface area contributed by atoms with E-state index in [1.54, 1.807) is 11.9 Å². The molecule has 0 spiro atoms. The monoisotopic (exact) mass is 343 g/mol. The zero-order valence-corrected chi connectivity index (χ0v) is 15.3. The highest BCUT2D eigenvalue weighted by Gasteiger charge is 2.50. The lowest BCUT2D eigenvalue weighted by molar-refractivity contribution is -0.183. The maximum absolute atomic E-state index is 12.8. The molecule has 2 heterocycles. The number of rotatable bonds is 3. The van der Waals surface area contributed by atoms with Crippen LogP contribution >= 0.6 is 0 Å². The van der Waals surface area contributed by atoms with E-state index < -0.39 is 11.1 Å². The molecule has 2 rings (SSSR count). The second-order valence-electron chi connectivity index (χ2n) is 7.27. The van der Waals surface area contributed by atoms with E-state index in [4.69, 9.17) is 14.3 Å². The van der Waals surface area contributed by atoms with Gasteiger partial charge in [-0.15, -0.1) is 0 Å². The molecular formula is C16H29N3O5. The van der Waals surface area contributed by atoms with Crippen molar-refractivity contribution in [3.8, 4) is 0 Å². The van der Waals surface area contributed by atoms with Gasteiger partial charge in [0.2, 0.25) is 0 Å². The van der Waals surface area contributed by atoms with Gasteiger partial charge in [-0.3, -0.25) is 14.5 Å². The molecule has 0 bridgehead atoms. The van der Waals surface area contributed by atoms with Crippen LogP contribution in [0.4, 0.5) is 4.79 Å². The van der Waals surface area contributed by atoms with Crippen LogP contribution in [0.15, 0.2) is 0 Å². The van der Waals surface area contributed by atoms with Gasteiger partial charge in [-0.25, -0.2) is 9.86 Å². The molecule has 0 aliphatic carbocycles. The van der Waals surface area contributed by atoms with Crippen LogP contribution in [0.5, 0.6) is 0 Å². The molecule has 0 aromatic rings. The smallest absolute Gasteiger partial charge is 0.410 e. The molecule has 0 aromatic carbocycles. The molecule has 0 unspecified atom stereocenters. The molecule has 1 atom stereocenters. The SMILES string of the molecule is CON(C)C(=O)[C@@]1(N2CCN(C(=O)OC(C)(C)C)CC2)CCOC1. The number of piperazine rings is 1. The molecular weight excluding hydrogens is 314 g/mol. The fourth-order valence-corrected chi connectivity index (χ4v) is 3.13. The number of nitrogens with zero attached hydrogens (tertiary/aromatic N) is 3. The van der Waals surface area contributed by atoms with E-state index >= 15 is 0 Å². The summed E-state index contributed by atoms with van der Waals surface area (Å²) in [5.41, 5.74) is -1.21. The second kappa shape index (κ2) is 7.25. The molecule has 138 valence electrons. The van der Waals surface area contributed by atoms with Gasteiger partial charge in [0, 0.05) is 46.3 Å². The number of carbonyl (C=O) groups excluding carboxylic acids is 2. The lowest BCUT2D eigenvalue weighted by atomic mass is 9.93. The summed E-state index contributed by atoms with van der Waals surface area (Å²) in [6.07, 6.45) is 0.325. The third-order valence-corrected chi connectivity index (χ3v) is 4.50. The van der Waals surface area contributed by atoms with Crippen LogP contribution in [-0.4, -0.2) is 91.6 Å². The van der Waals surface area contributed by atoms with Crippen molar-refractivity contribution in [1.82, 2.24) is 14.9 Å². The van der Waals surface area contributed by atoms with Crippen LogP contribution in [0.1, 0.15) is 27.2 Å². The summed E-state index contributed by atoms with van der Waals surface area (Å²) in [6.45, 7) is 8.72. The van der Waals surface area contributed by atoms with Crippen LogP contribution in [-0.2, 0) is 19.1 Å². The Bertz CT molecular complexity index is 463. The summed E-state index contributed by atoms with van der Waals surface area (Å²) < 4.78 is 10.9. The van der Waals surface area contributed by atoms with Gasteiger partial charge in [0.25, 0.3) is 5.91 Å². The van der Waals surface area contributed by atoms with E-state index in [9.17, 15) is 9.59 Å². The van der Waals surface area contributed by atoms with E-state index in [-0.39, 0.29) is 12.0 Å². The van der Waals surface area contributed by atoms with Gasteiger partial charge in [-0.1, -0.05) is 0 Å². The van der Waals surface area contributed by atoms with Crippen molar-refractivity contribution in [3.63, 3.8) is 0 Å². The van der Waals surface area contributed by atoms with Crippen molar-refractivity contribution in [3.05, 3.63) is 0 Å². The zero-order chi connectivity index (χ0) is 18.0. The molecule has 8 nitrogen and oxygen atoms in total. The highest BCUT2D eigenvalue weighted by Crippen LogP contribution is 2.30. The molecule has 0 saturated carbocycles. The van der Waals surface area contributed by atoms with Crippen LogP contribution in [0, 0.1) is 0 Å². The van der Waals surface area contributed by atoms with E-state index in [1.807, 2.05) is 20.8 Å². The quantitative estimate of drug-likeness (QED) is 0.703. The number of likely N-dealkylation sites (N-methyl/N-ethyl adjacent to an activating group) is 1. The summed E-state index contributed by atoms with van der Waals surface area (Å²) >= 11 is 0. The Kier molecular flexibility index (Phi) is 5.72. The number of carbonyl (C=O) groups is 2. The summed E-state index contributed by atoms with van der Waals surface area (Å²) in [5.74, 6) is -0.104. The molecule has 0 N–H and O–H groups in total. The Morgan fingerprint density at radius 2 is 1.79 bits per heavy atom. The summed E-state index contributed by atoms with van der Waals surface area (Å²) in [7, 11) is 3.08.